The zero-order chi connectivity index (χ0) is 22.9. The highest BCUT2D eigenvalue weighted by atomic mass is 19.1. The molecular formula is C26H25FN4O2. The molecule has 0 bridgehead atoms. The Morgan fingerprint density at radius 2 is 1.70 bits per heavy atom. The lowest BCUT2D eigenvalue weighted by Crippen LogP contribution is -2.52. The molecule has 0 radical (unpaired) electrons. The zero-order valence-corrected chi connectivity index (χ0v) is 18.2. The number of nitrogens with two attached hydrogens (primary N) is 1. The first-order chi connectivity index (χ1) is 16.1. The minimum absolute atomic E-state index is 0.00191. The van der Waals surface area contributed by atoms with Gasteiger partial charge >= 0.3 is 0 Å². The Kier molecular flexibility index (Phi) is 5.71. The fourth-order valence-corrected chi connectivity index (χ4v) is 5.14. The van der Waals surface area contributed by atoms with Crippen molar-refractivity contribution in [2.24, 2.45) is 5.73 Å². The molecular weight excluding hydrogens is 419 g/mol. The summed E-state index contributed by atoms with van der Waals surface area (Å²) in [6.07, 6.45) is 0.982. The van der Waals surface area contributed by atoms with Crippen LogP contribution in [-0.4, -0.2) is 42.1 Å². The summed E-state index contributed by atoms with van der Waals surface area (Å²) < 4.78 is 19.2. The van der Waals surface area contributed by atoms with Gasteiger partial charge in [0.15, 0.2) is 5.78 Å². The number of hydrazine groups is 1. The SMILES string of the molecule is N#CC1=C(N)N(N2CCOCC2)C2=C(C(=O)C[C@@H](c3ccccc3)C2)[C@@H]1c1ccc(F)cc1. The van der Waals surface area contributed by atoms with Crippen molar-refractivity contribution >= 4 is 5.78 Å². The summed E-state index contributed by atoms with van der Waals surface area (Å²) in [7, 11) is 0. The van der Waals surface area contributed by atoms with E-state index in [2.05, 4.69) is 11.1 Å². The van der Waals surface area contributed by atoms with E-state index in [4.69, 9.17) is 10.5 Å². The highest BCUT2D eigenvalue weighted by Crippen LogP contribution is 2.48. The van der Waals surface area contributed by atoms with Crippen molar-refractivity contribution in [3.8, 4) is 6.07 Å². The van der Waals surface area contributed by atoms with Crippen molar-refractivity contribution in [3.63, 3.8) is 0 Å². The number of halogens is 1. The van der Waals surface area contributed by atoms with Gasteiger partial charge in [0.05, 0.1) is 30.8 Å². The van der Waals surface area contributed by atoms with Crippen LogP contribution in [0.5, 0.6) is 0 Å². The molecule has 33 heavy (non-hydrogen) atoms. The molecule has 7 heteroatoms. The Balaban J connectivity index is 1.66. The number of carbonyl (C=O) groups is 1. The molecule has 1 fully saturated rings. The van der Waals surface area contributed by atoms with Crippen molar-refractivity contribution < 1.29 is 13.9 Å². The summed E-state index contributed by atoms with van der Waals surface area (Å²) in [6.45, 7) is 2.32. The van der Waals surface area contributed by atoms with E-state index in [-0.39, 0.29) is 17.5 Å². The first-order valence-electron chi connectivity index (χ1n) is 11.2. The number of carbonyl (C=O) groups excluding carboxylic acids is 1. The molecule has 1 aliphatic carbocycles. The van der Waals surface area contributed by atoms with Crippen LogP contribution in [0.2, 0.25) is 0 Å². The molecule has 2 aliphatic heterocycles. The van der Waals surface area contributed by atoms with Crippen molar-refractivity contribution in [3.05, 3.63) is 94.2 Å². The predicted octanol–water partition coefficient (Wildman–Crippen LogP) is 3.57. The third-order valence-corrected chi connectivity index (χ3v) is 6.69. The highest BCUT2D eigenvalue weighted by molar-refractivity contribution is 6.00. The van der Waals surface area contributed by atoms with E-state index in [1.807, 2.05) is 35.3 Å². The van der Waals surface area contributed by atoms with E-state index in [1.54, 1.807) is 12.1 Å². The van der Waals surface area contributed by atoms with E-state index < -0.39 is 5.92 Å². The topological polar surface area (TPSA) is 82.6 Å². The van der Waals surface area contributed by atoms with Crippen LogP contribution in [0.15, 0.2) is 77.3 Å². The average Bonchev–Trinajstić information content (AvgIpc) is 2.85. The van der Waals surface area contributed by atoms with Gasteiger partial charge in [-0.05, 0) is 35.6 Å². The molecule has 0 unspecified atom stereocenters. The molecule has 1 saturated heterocycles. The number of benzene rings is 2. The van der Waals surface area contributed by atoms with Gasteiger partial charge in [-0.15, -0.1) is 0 Å². The van der Waals surface area contributed by atoms with Crippen molar-refractivity contribution in [1.29, 1.82) is 5.26 Å². The van der Waals surface area contributed by atoms with Crippen LogP contribution in [0.1, 0.15) is 35.8 Å². The Bertz CT molecular complexity index is 1160. The largest absolute Gasteiger partial charge is 0.383 e. The number of nitrogens with zero attached hydrogens (tertiary/aromatic N) is 3. The summed E-state index contributed by atoms with van der Waals surface area (Å²) in [5.41, 5.74) is 10.2. The van der Waals surface area contributed by atoms with Crippen LogP contribution in [0.4, 0.5) is 4.39 Å². The van der Waals surface area contributed by atoms with E-state index in [0.29, 0.717) is 61.7 Å². The van der Waals surface area contributed by atoms with Gasteiger partial charge in [0.1, 0.15) is 11.6 Å². The van der Waals surface area contributed by atoms with Crippen molar-refractivity contribution in [2.75, 3.05) is 26.3 Å². The molecule has 2 aromatic rings. The van der Waals surface area contributed by atoms with Gasteiger partial charge in [0, 0.05) is 30.8 Å². The predicted molar refractivity (Wildman–Crippen MR) is 121 cm³/mol. The first-order valence-corrected chi connectivity index (χ1v) is 11.2. The summed E-state index contributed by atoms with van der Waals surface area (Å²) in [5.74, 6) is -0.626. The number of ketones is 1. The summed E-state index contributed by atoms with van der Waals surface area (Å²) in [6, 6.07) is 18.3. The highest BCUT2D eigenvalue weighted by Gasteiger charge is 2.44. The van der Waals surface area contributed by atoms with Gasteiger partial charge in [-0.2, -0.15) is 5.26 Å². The number of hydrogen-bond acceptors (Lipinski definition) is 6. The standard InChI is InChI=1S/C26H25FN4O2/c27-20-8-6-18(7-9-20)24-21(16-28)26(29)31(30-10-12-33-13-11-30)22-14-19(15-23(32)25(22)24)17-4-2-1-3-5-17/h1-9,19,24H,10-15,29H2/t19-,24+/m0/s1. The second kappa shape index (κ2) is 8.81. The van der Waals surface area contributed by atoms with Crippen LogP contribution in [0, 0.1) is 17.1 Å². The molecule has 2 atom stereocenters. The van der Waals surface area contributed by atoms with E-state index in [9.17, 15) is 14.4 Å². The van der Waals surface area contributed by atoms with Gasteiger partial charge in [-0.25, -0.2) is 9.40 Å². The number of morpholine rings is 1. The molecule has 168 valence electrons. The van der Waals surface area contributed by atoms with E-state index >= 15 is 0 Å². The Morgan fingerprint density at radius 3 is 2.36 bits per heavy atom. The van der Waals surface area contributed by atoms with Gasteiger partial charge in [0.2, 0.25) is 0 Å². The fourth-order valence-electron chi connectivity index (χ4n) is 5.14. The quantitative estimate of drug-likeness (QED) is 0.780. The van der Waals surface area contributed by atoms with E-state index in [0.717, 1.165) is 11.3 Å². The fraction of sp³-hybridized carbons (Fsp3) is 0.308. The molecule has 2 aromatic carbocycles. The molecule has 2 N–H and O–H groups in total. The summed E-state index contributed by atoms with van der Waals surface area (Å²) in [5, 5.41) is 14.0. The maximum absolute atomic E-state index is 13.7. The minimum atomic E-state index is -0.605. The molecule has 3 aliphatic rings. The van der Waals surface area contributed by atoms with Crippen LogP contribution in [-0.2, 0) is 9.53 Å². The maximum atomic E-state index is 13.7. The number of nitriles is 1. The number of allylic oxidation sites excluding steroid dienone is 3. The minimum Gasteiger partial charge on any atom is -0.383 e. The van der Waals surface area contributed by atoms with Crippen LogP contribution < -0.4 is 5.73 Å². The lowest BCUT2D eigenvalue weighted by atomic mass is 9.72. The van der Waals surface area contributed by atoms with Crippen LogP contribution in [0.3, 0.4) is 0 Å². The number of rotatable bonds is 3. The molecule has 2 heterocycles. The number of Topliss-reactive ketones (excluding diaryl/α,β-unsaturated/α-hetero) is 1. The van der Waals surface area contributed by atoms with Gasteiger partial charge < -0.3 is 10.5 Å². The van der Waals surface area contributed by atoms with Crippen LogP contribution in [0.25, 0.3) is 0 Å². The second-order valence-corrected chi connectivity index (χ2v) is 8.57. The lowest BCUT2D eigenvalue weighted by molar-refractivity contribution is -0.117. The second-order valence-electron chi connectivity index (χ2n) is 8.57. The third kappa shape index (κ3) is 3.82. The molecule has 0 saturated carbocycles. The maximum Gasteiger partial charge on any atom is 0.162 e. The molecule has 0 aromatic heterocycles. The van der Waals surface area contributed by atoms with Crippen LogP contribution >= 0.6 is 0 Å². The van der Waals surface area contributed by atoms with Gasteiger partial charge in [0.25, 0.3) is 0 Å². The number of ether oxygens (including phenoxy) is 1. The lowest BCUT2D eigenvalue weighted by Gasteiger charge is -2.47. The van der Waals surface area contributed by atoms with Gasteiger partial charge in [-0.1, -0.05) is 42.5 Å². The Morgan fingerprint density at radius 1 is 1.00 bits per heavy atom. The Hall–Kier alpha value is -3.47. The molecule has 0 spiro atoms. The van der Waals surface area contributed by atoms with Gasteiger partial charge in [-0.3, -0.25) is 9.80 Å². The first kappa shape index (κ1) is 21.4. The smallest absolute Gasteiger partial charge is 0.162 e. The molecule has 0 amide bonds. The summed E-state index contributed by atoms with van der Waals surface area (Å²) in [4.78, 5) is 13.7. The normalized spacial score (nSPS) is 24.0. The monoisotopic (exact) mass is 444 g/mol. The third-order valence-electron chi connectivity index (χ3n) is 6.69. The summed E-state index contributed by atoms with van der Waals surface area (Å²) >= 11 is 0. The number of hydrogen-bond donors (Lipinski definition) is 1. The molecule has 6 nitrogen and oxygen atoms in total. The molecule has 5 rings (SSSR count). The van der Waals surface area contributed by atoms with E-state index in [1.165, 1.54) is 12.1 Å². The Labute approximate surface area is 192 Å². The van der Waals surface area contributed by atoms with Crippen molar-refractivity contribution in [2.45, 2.75) is 24.7 Å². The zero-order valence-electron chi connectivity index (χ0n) is 18.2. The average molecular weight is 445 g/mol. The van der Waals surface area contributed by atoms with Crippen molar-refractivity contribution in [1.82, 2.24) is 10.0 Å².